The lowest BCUT2D eigenvalue weighted by atomic mass is 10.2. The second-order valence-electron chi connectivity index (χ2n) is 5.72. The highest BCUT2D eigenvalue weighted by atomic mass is 16.5. The number of fused-ring (bicyclic) bond motifs is 1. The number of ether oxygens (including phenoxy) is 1. The molecule has 0 fully saturated rings. The van der Waals surface area contributed by atoms with Crippen molar-refractivity contribution in [3.8, 4) is 0 Å². The van der Waals surface area contributed by atoms with E-state index in [1.165, 1.54) is 0 Å². The smallest absolute Gasteiger partial charge is 0.338 e. The summed E-state index contributed by atoms with van der Waals surface area (Å²) in [6, 6.07) is 6.57. The zero-order chi connectivity index (χ0) is 18.7. The molecule has 0 radical (unpaired) electrons. The van der Waals surface area contributed by atoms with E-state index in [1.807, 2.05) is 6.92 Å². The van der Waals surface area contributed by atoms with Gasteiger partial charge in [0, 0.05) is 12.6 Å². The number of esters is 1. The van der Waals surface area contributed by atoms with Crippen molar-refractivity contribution in [2.24, 2.45) is 0 Å². The van der Waals surface area contributed by atoms with E-state index in [4.69, 9.17) is 9.26 Å². The van der Waals surface area contributed by atoms with Gasteiger partial charge in [0.25, 0.3) is 5.91 Å². The number of rotatable bonds is 6. The zero-order valence-electron chi connectivity index (χ0n) is 14.7. The predicted octanol–water partition coefficient (Wildman–Crippen LogP) is 2.32. The van der Waals surface area contributed by atoms with Crippen molar-refractivity contribution in [1.29, 1.82) is 0 Å². The summed E-state index contributed by atoms with van der Waals surface area (Å²) < 4.78 is 12.0. The molecule has 3 rings (SSSR count). The first-order chi connectivity index (χ1) is 12.5. The van der Waals surface area contributed by atoms with Gasteiger partial charge in [0.15, 0.2) is 11.9 Å². The van der Waals surface area contributed by atoms with E-state index >= 15 is 0 Å². The van der Waals surface area contributed by atoms with Crippen molar-refractivity contribution >= 4 is 28.7 Å². The molecule has 26 heavy (non-hydrogen) atoms. The van der Waals surface area contributed by atoms with Gasteiger partial charge < -0.3 is 14.6 Å². The maximum absolute atomic E-state index is 12.4. The maximum atomic E-state index is 12.4. The quantitative estimate of drug-likeness (QED) is 0.674. The molecule has 2 aromatic heterocycles. The largest absolute Gasteiger partial charge is 0.449 e. The average molecular weight is 357 g/mol. The number of nitrogens with zero attached hydrogens (tertiary/aromatic N) is 4. The number of anilines is 1. The molecule has 1 amide bonds. The molecule has 1 aromatic carbocycles. The molecular formula is C17H19N5O4. The van der Waals surface area contributed by atoms with Crippen LogP contribution in [0.4, 0.5) is 5.82 Å². The first kappa shape index (κ1) is 17.6. The minimum Gasteiger partial charge on any atom is -0.449 e. The first-order valence-electron chi connectivity index (χ1n) is 8.30. The molecule has 3 aromatic rings. The van der Waals surface area contributed by atoms with E-state index in [9.17, 15) is 9.59 Å². The van der Waals surface area contributed by atoms with Crippen LogP contribution in [0.1, 0.15) is 36.4 Å². The van der Waals surface area contributed by atoms with Gasteiger partial charge >= 0.3 is 5.97 Å². The number of amides is 1. The van der Waals surface area contributed by atoms with Crippen molar-refractivity contribution in [3.05, 3.63) is 35.6 Å². The maximum Gasteiger partial charge on any atom is 0.338 e. The van der Waals surface area contributed by atoms with E-state index in [0.717, 1.165) is 5.52 Å². The molecule has 1 atom stereocenters. The minimum atomic E-state index is -0.943. The zero-order valence-corrected chi connectivity index (χ0v) is 14.7. The first-order valence-corrected chi connectivity index (χ1v) is 8.30. The number of benzene rings is 1. The molecular weight excluding hydrogens is 338 g/mol. The normalized spacial score (nSPS) is 12.1. The Morgan fingerprint density at radius 2 is 2.12 bits per heavy atom. The van der Waals surface area contributed by atoms with Crippen LogP contribution >= 0.6 is 0 Å². The second kappa shape index (κ2) is 7.34. The van der Waals surface area contributed by atoms with E-state index in [2.05, 4.69) is 20.8 Å². The van der Waals surface area contributed by atoms with Crippen LogP contribution in [0.25, 0.3) is 11.0 Å². The number of aromatic nitrogens is 4. The van der Waals surface area contributed by atoms with Gasteiger partial charge in [-0.05, 0) is 38.5 Å². The lowest BCUT2D eigenvalue weighted by molar-refractivity contribution is -0.124. The fraction of sp³-hybridized carbons (Fsp3) is 0.353. The van der Waals surface area contributed by atoms with E-state index in [0.29, 0.717) is 29.8 Å². The Bertz CT molecular complexity index is 946. The minimum absolute atomic E-state index is 0.277. The Morgan fingerprint density at radius 3 is 2.77 bits per heavy atom. The Kier molecular flexibility index (Phi) is 4.97. The fourth-order valence-corrected chi connectivity index (χ4v) is 2.48. The Labute approximate surface area is 149 Å². The topological polar surface area (TPSA) is 112 Å². The summed E-state index contributed by atoms with van der Waals surface area (Å²) in [4.78, 5) is 24.7. The molecule has 0 spiro atoms. The van der Waals surface area contributed by atoms with Gasteiger partial charge in [-0.3, -0.25) is 4.79 Å². The number of hydrogen-bond acceptors (Lipinski definition) is 7. The summed E-state index contributed by atoms with van der Waals surface area (Å²) in [7, 11) is 0. The summed E-state index contributed by atoms with van der Waals surface area (Å²) >= 11 is 0. The van der Waals surface area contributed by atoms with Crippen molar-refractivity contribution < 1.29 is 18.8 Å². The average Bonchev–Trinajstić information content (AvgIpc) is 3.24. The Balaban J connectivity index is 1.71. The standard InChI is InChI=1S/C17H19N5O4/c1-4-14(16(23)18-15-8-10(3)26-20-15)25-17(24)11-6-7-13-12(9-11)19-21-22(13)5-2/h6-9,14H,4-5H2,1-3H3,(H,18,20,23). The molecule has 1 N–H and O–H groups in total. The number of carbonyl (C=O) groups excluding carboxylic acids is 2. The number of aryl methyl sites for hydroxylation is 2. The number of hydrogen-bond donors (Lipinski definition) is 1. The summed E-state index contributed by atoms with van der Waals surface area (Å²) in [5.41, 5.74) is 1.73. The van der Waals surface area contributed by atoms with Gasteiger partial charge in [-0.1, -0.05) is 17.3 Å². The molecule has 136 valence electrons. The van der Waals surface area contributed by atoms with Crippen LogP contribution in [0.5, 0.6) is 0 Å². The van der Waals surface area contributed by atoms with Crippen molar-refractivity contribution in [2.45, 2.75) is 39.8 Å². The van der Waals surface area contributed by atoms with E-state index in [1.54, 1.807) is 42.8 Å². The third kappa shape index (κ3) is 3.56. The van der Waals surface area contributed by atoms with Crippen LogP contribution < -0.4 is 5.32 Å². The van der Waals surface area contributed by atoms with Crippen molar-refractivity contribution in [1.82, 2.24) is 20.2 Å². The van der Waals surface area contributed by atoms with Gasteiger partial charge in [0.2, 0.25) is 0 Å². The number of nitrogens with one attached hydrogen (secondary N) is 1. The SMILES string of the molecule is CCC(OC(=O)c1ccc2c(c1)nnn2CC)C(=O)Nc1cc(C)on1. The van der Waals surface area contributed by atoms with E-state index < -0.39 is 18.0 Å². The van der Waals surface area contributed by atoms with Crippen LogP contribution in [0.2, 0.25) is 0 Å². The molecule has 1 unspecified atom stereocenters. The molecule has 0 saturated heterocycles. The molecule has 0 aliphatic heterocycles. The van der Waals surface area contributed by atoms with Gasteiger partial charge in [-0.2, -0.15) is 0 Å². The predicted molar refractivity (Wildman–Crippen MR) is 92.6 cm³/mol. The third-order valence-corrected chi connectivity index (χ3v) is 3.84. The highest BCUT2D eigenvalue weighted by Crippen LogP contribution is 2.16. The second-order valence-corrected chi connectivity index (χ2v) is 5.72. The molecule has 0 saturated carbocycles. The van der Waals surface area contributed by atoms with Crippen LogP contribution in [-0.4, -0.2) is 38.1 Å². The van der Waals surface area contributed by atoms with Crippen LogP contribution in [0, 0.1) is 6.92 Å². The highest BCUT2D eigenvalue weighted by Gasteiger charge is 2.23. The van der Waals surface area contributed by atoms with Crippen molar-refractivity contribution in [3.63, 3.8) is 0 Å². The van der Waals surface area contributed by atoms with E-state index in [-0.39, 0.29) is 5.82 Å². The third-order valence-electron chi connectivity index (χ3n) is 3.84. The van der Waals surface area contributed by atoms with Gasteiger partial charge in [0.05, 0.1) is 11.1 Å². The summed E-state index contributed by atoms with van der Waals surface area (Å²) in [5, 5.41) is 14.3. The summed E-state index contributed by atoms with van der Waals surface area (Å²) in [5.74, 6) is -0.221. The van der Waals surface area contributed by atoms with Gasteiger partial charge in [-0.25, -0.2) is 9.48 Å². The highest BCUT2D eigenvalue weighted by molar-refractivity contribution is 5.98. The van der Waals surface area contributed by atoms with Crippen LogP contribution in [0.3, 0.4) is 0 Å². The molecule has 0 aliphatic carbocycles. The van der Waals surface area contributed by atoms with Gasteiger partial charge in [0.1, 0.15) is 11.3 Å². The molecule has 9 heteroatoms. The van der Waals surface area contributed by atoms with Gasteiger partial charge in [-0.15, -0.1) is 5.10 Å². The summed E-state index contributed by atoms with van der Waals surface area (Å²) in [6.45, 7) is 6.10. The van der Waals surface area contributed by atoms with Crippen LogP contribution in [-0.2, 0) is 16.1 Å². The number of carbonyl (C=O) groups is 2. The molecule has 0 bridgehead atoms. The Morgan fingerprint density at radius 1 is 1.31 bits per heavy atom. The molecule has 9 nitrogen and oxygen atoms in total. The Hall–Kier alpha value is -3.23. The van der Waals surface area contributed by atoms with Crippen molar-refractivity contribution in [2.75, 3.05) is 5.32 Å². The molecule has 2 heterocycles. The van der Waals surface area contributed by atoms with Crippen LogP contribution in [0.15, 0.2) is 28.8 Å². The lowest BCUT2D eigenvalue weighted by Crippen LogP contribution is -2.32. The summed E-state index contributed by atoms with van der Waals surface area (Å²) in [6.07, 6.45) is -0.621. The monoisotopic (exact) mass is 357 g/mol. The lowest BCUT2D eigenvalue weighted by Gasteiger charge is -2.15. The molecule has 0 aliphatic rings. The fourth-order valence-electron chi connectivity index (χ4n) is 2.48.